The van der Waals surface area contributed by atoms with E-state index >= 15 is 0 Å². The summed E-state index contributed by atoms with van der Waals surface area (Å²) in [7, 11) is -3.79. The van der Waals surface area contributed by atoms with Crippen LogP contribution in [0, 0.1) is 20.8 Å². The highest BCUT2D eigenvalue weighted by Gasteiger charge is 2.24. The number of hydrogen-bond donors (Lipinski definition) is 2. The maximum absolute atomic E-state index is 12.6. The molecule has 3 heterocycles. The molecule has 30 heavy (non-hydrogen) atoms. The smallest absolute Gasteiger partial charge is 0.267 e. The molecule has 1 aromatic carbocycles. The molecule has 0 radical (unpaired) electrons. The van der Waals surface area contributed by atoms with Crippen LogP contribution in [-0.2, 0) is 10.0 Å². The molecular formula is C19H19N7O3S. The summed E-state index contributed by atoms with van der Waals surface area (Å²) >= 11 is 0. The number of aryl methyl sites for hydroxylation is 3. The molecule has 0 aliphatic carbocycles. The van der Waals surface area contributed by atoms with Gasteiger partial charge in [-0.05, 0) is 45.0 Å². The summed E-state index contributed by atoms with van der Waals surface area (Å²) in [6.45, 7) is 5.03. The van der Waals surface area contributed by atoms with Gasteiger partial charge in [0.15, 0.2) is 10.7 Å². The van der Waals surface area contributed by atoms with Crippen molar-refractivity contribution in [3.63, 3.8) is 0 Å². The minimum absolute atomic E-state index is 0.0491. The van der Waals surface area contributed by atoms with Crippen molar-refractivity contribution in [1.29, 1.82) is 0 Å². The summed E-state index contributed by atoms with van der Waals surface area (Å²) in [5.74, 6) is 2.34. The molecule has 2 N–H and O–H groups in total. The third-order valence-corrected chi connectivity index (χ3v) is 6.00. The number of hydrogen-bond acceptors (Lipinski definition) is 8. The van der Waals surface area contributed by atoms with Gasteiger partial charge in [0, 0.05) is 29.8 Å². The van der Waals surface area contributed by atoms with E-state index in [0.717, 1.165) is 11.5 Å². The molecule has 0 aliphatic heterocycles. The van der Waals surface area contributed by atoms with Crippen LogP contribution in [0.3, 0.4) is 0 Å². The van der Waals surface area contributed by atoms with Crippen molar-refractivity contribution in [2.75, 3.05) is 10.0 Å². The number of anilines is 3. The van der Waals surface area contributed by atoms with E-state index in [4.69, 9.17) is 4.52 Å². The summed E-state index contributed by atoms with van der Waals surface area (Å²) in [6.07, 6.45) is 4.98. The van der Waals surface area contributed by atoms with E-state index in [1.807, 2.05) is 17.7 Å². The van der Waals surface area contributed by atoms with E-state index in [1.54, 1.807) is 50.4 Å². The van der Waals surface area contributed by atoms with Crippen LogP contribution in [0.5, 0.6) is 0 Å². The molecule has 10 nitrogen and oxygen atoms in total. The molecule has 0 aliphatic rings. The molecule has 0 fully saturated rings. The Labute approximate surface area is 173 Å². The Morgan fingerprint density at radius 2 is 1.73 bits per heavy atom. The molecular weight excluding hydrogens is 406 g/mol. The number of imidazole rings is 1. The average molecular weight is 425 g/mol. The second-order valence-electron chi connectivity index (χ2n) is 6.57. The molecule has 3 aromatic heterocycles. The predicted molar refractivity (Wildman–Crippen MR) is 110 cm³/mol. The van der Waals surface area contributed by atoms with Gasteiger partial charge in [0.25, 0.3) is 10.0 Å². The van der Waals surface area contributed by atoms with Crippen LogP contribution in [0.25, 0.3) is 5.82 Å². The number of rotatable bonds is 6. The fourth-order valence-corrected chi connectivity index (χ4v) is 4.39. The molecule has 0 saturated carbocycles. The van der Waals surface area contributed by atoms with Crippen molar-refractivity contribution in [2.45, 2.75) is 25.7 Å². The molecule has 154 valence electrons. The van der Waals surface area contributed by atoms with E-state index in [9.17, 15) is 8.42 Å². The number of nitrogens with one attached hydrogen (secondary N) is 2. The lowest BCUT2D eigenvalue weighted by Crippen LogP contribution is -2.14. The largest absolute Gasteiger partial charge is 0.360 e. The first-order valence-electron chi connectivity index (χ1n) is 8.98. The molecule has 0 spiro atoms. The summed E-state index contributed by atoms with van der Waals surface area (Å²) in [5, 5.41) is 6.87. The van der Waals surface area contributed by atoms with E-state index in [-0.39, 0.29) is 10.7 Å². The van der Waals surface area contributed by atoms with Crippen LogP contribution >= 0.6 is 0 Å². The van der Waals surface area contributed by atoms with Gasteiger partial charge in [0.05, 0.1) is 0 Å². The Hall–Kier alpha value is -3.73. The summed E-state index contributed by atoms with van der Waals surface area (Å²) in [5.41, 5.74) is 1.46. The standard InChI is InChI=1S/C19H19N7O3S/c1-12-19(13(2)29-24-12)30(27,28)25-16-6-4-15(5-7-16)23-17-10-18(22-11-21-17)26-9-8-20-14(26)3/h4-11,25H,1-3H3,(H,21,22,23). The molecule has 0 atom stereocenters. The Morgan fingerprint density at radius 1 is 1.00 bits per heavy atom. The summed E-state index contributed by atoms with van der Waals surface area (Å²) in [4.78, 5) is 12.7. The zero-order valence-corrected chi connectivity index (χ0v) is 17.3. The van der Waals surface area contributed by atoms with Gasteiger partial charge in [-0.1, -0.05) is 5.16 Å². The predicted octanol–water partition coefficient (Wildman–Crippen LogP) is 3.12. The zero-order valence-electron chi connectivity index (χ0n) is 16.5. The van der Waals surface area contributed by atoms with Gasteiger partial charge in [-0.15, -0.1) is 0 Å². The Bertz CT molecular complexity index is 1270. The molecule has 0 amide bonds. The zero-order chi connectivity index (χ0) is 21.3. The fraction of sp³-hybridized carbons (Fsp3) is 0.158. The summed E-state index contributed by atoms with van der Waals surface area (Å²) in [6, 6.07) is 8.59. The number of sulfonamides is 1. The maximum Gasteiger partial charge on any atom is 0.267 e. The van der Waals surface area contributed by atoms with Gasteiger partial charge in [-0.2, -0.15) is 0 Å². The minimum atomic E-state index is -3.79. The third kappa shape index (κ3) is 3.87. The van der Waals surface area contributed by atoms with Crippen molar-refractivity contribution in [3.05, 3.63) is 66.3 Å². The maximum atomic E-state index is 12.6. The SMILES string of the molecule is Cc1noc(C)c1S(=O)(=O)Nc1ccc(Nc2cc(-n3ccnc3C)ncn2)cc1. The lowest BCUT2D eigenvalue weighted by Gasteiger charge is -2.10. The number of benzene rings is 1. The molecule has 0 bridgehead atoms. The van der Waals surface area contributed by atoms with Crippen LogP contribution in [0.4, 0.5) is 17.2 Å². The first-order chi connectivity index (χ1) is 14.3. The molecule has 4 aromatic rings. The van der Waals surface area contributed by atoms with Crippen LogP contribution in [0.2, 0.25) is 0 Å². The fourth-order valence-electron chi connectivity index (χ4n) is 3.00. The Balaban J connectivity index is 1.50. The first kappa shape index (κ1) is 19.6. The summed E-state index contributed by atoms with van der Waals surface area (Å²) < 4.78 is 34.5. The van der Waals surface area contributed by atoms with E-state index in [0.29, 0.717) is 23.0 Å². The highest BCUT2D eigenvalue weighted by atomic mass is 32.2. The average Bonchev–Trinajstić information content (AvgIpc) is 3.28. The van der Waals surface area contributed by atoms with Gasteiger partial charge in [-0.25, -0.2) is 23.4 Å². The highest BCUT2D eigenvalue weighted by Crippen LogP contribution is 2.24. The second kappa shape index (κ2) is 7.59. The van der Waals surface area contributed by atoms with Crippen molar-refractivity contribution in [1.82, 2.24) is 24.7 Å². The monoisotopic (exact) mass is 425 g/mol. The Morgan fingerprint density at radius 3 is 2.37 bits per heavy atom. The van der Waals surface area contributed by atoms with Crippen molar-refractivity contribution >= 4 is 27.2 Å². The van der Waals surface area contributed by atoms with Crippen molar-refractivity contribution < 1.29 is 12.9 Å². The molecule has 11 heteroatoms. The van der Waals surface area contributed by atoms with E-state index in [2.05, 4.69) is 30.1 Å². The van der Waals surface area contributed by atoms with Crippen molar-refractivity contribution in [3.8, 4) is 5.82 Å². The van der Waals surface area contributed by atoms with E-state index < -0.39 is 10.0 Å². The lowest BCUT2D eigenvalue weighted by molar-refractivity contribution is 0.390. The van der Waals surface area contributed by atoms with Gasteiger partial charge >= 0.3 is 0 Å². The minimum Gasteiger partial charge on any atom is -0.360 e. The van der Waals surface area contributed by atoms with E-state index in [1.165, 1.54) is 6.33 Å². The number of aromatic nitrogens is 5. The molecule has 0 saturated heterocycles. The van der Waals surface area contributed by atoms with Crippen LogP contribution < -0.4 is 10.0 Å². The van der Waals surface area contributed by atoms with Gasteiger partial charge < -0.3 is 9.84 Å². The number of nitrogens with zero attached hydrogens (tertiary/aromatic N) is 5. The van der Waals surface area contributed by atoms with Crippen LogP contribution in [0.1, 0.15) is 17.3 Å². The quantitative estimate of drug-likeness (QED) is 0.482. The normalized spacial score (nSPS) is 11.4. The third-order valence-electron chi connectivity index (χ3n) is 4.37. The highest BCUT2D eigenvalue weighted by molar-refractivity contribution is 7.92. The van der Waals surface area contributed by atoms with Gasteiger partial charge in [0.1, 0.15) is 29.5 Å². The topological polar surface area (TPSA) is 128 Å². The Kier molecular flexibility index (Phi) is 4.96. The van der Waals surface area contributed by atoms with Crippen LogP contribution in [-0.4, -0.2) is 33.1 Å². The lowest BCUT2D eigenvalue weighted by atomic mass is 10.3. The van der Waals surface area contributed by atoms with Gasteiger partial charge in [0.2, 0.25) is 0 Å². The van der Waals surface area contributed by atoms with Crippen LogP contribution in [0.15, 0.2) is 58.5 Å². The van der Waals surface area contributed by atoms with Crippen molar-refractivity contribution in [2.24, 2.45) is 0 Å². The molecule has 4 rings (SSSR count). The first-order valence-corrected chi connectivity index (χ1v) is 10.5. The molecule has 0 unspecified atom stereocenters. The second-order valence-corrected chi connectivity index (χ2v) is 8.19. The van der Waals surface area contributed by atoms with Gasteiger partial charge in [-0.3, -0.25) is 9.29 Å².